The minimum atomic E-state index is -0.714. The van der Waals surface area contributed by atoms with Crippen LogP contribution >= 0.6 is 0 Å². The number of nitro benzene ring substituents is 1. The van der Waals surface area contributed by atoms with E-state index in [2.05, 4.69) is 0 Å². The molecule has 2 aliphatic rings. The van der Waals surface area contributed by atoms with E-state index in [1.54, 1.807) is 30.3 Å². The summed E-state index contributed by atoms with van der Waals surface area (Å²) in [5.74, 6) is -1.97. The van der Waals surface area contributed by atoms with Crippen LogP contribution in [0.5, 0.6) is 0 Å². The van der Waals surface area contributed by atoms with Crippen LogP contribution in [0.3, 0.4) is 0 Å². The molecule has 0 aromatic heterocycles. The van der Waals surface area contributed by atoms with Crippen molar-refractivity contribution in [2.45, 2.75) is 12.1 Å². The zero-order chi connectivity index (χ0) is 27.3. The Bertz CT molecular complexity index is 1690. The predicted octanol–water partition coefficient (Wildman–Crippen LogP) is 4.84. The highest BCUT2D eigenvalue weighted by molar-refractivity contribution is 6.34. The molecule has 2 heterocycles. The Hall–Kier alpha value is -5.44. The third kappa shape index (κ3) is 3.97. The molecule has 9 heteroatoms. The number of non-ortho nitro benzene ring substituents is 1. The van der Waals surface area contributed by atoms with Gasteiger partial charge in [0, 0.05) is 23.3 Å². The third-order valence-electron chi connectivity index (χ3n) is 6.94. The summed E-state index contributed by atoms with van der Waals surface area (Å²) in [6.45, 7) is 0. The molecule has 9 nitrogen and oxygen atoms in total. The maximum atomic E-state index is 13.7. The number of hydrogen-bond donors (Lipinski definition) is 0. The van der Waals surface area contributed by atoms with Gasteiger partial charge in [-0.3, -0.25) is 29.3 Å². The minimum absolute atomic E-state index is 0.0152. The molecule has 0 radical (unpaired) electrons. The van der Waals surface area contributed by atoms with Crippen molar-refractivity contribution in [2.75, 3.05) is 4.90 Å². The molecule has 39 heavy (non-hydrogen) atoms. The number of nitro groups is 1. The highest BCUT2D eigenvalue weighted by Gasteiger charge is 2.56. The second-order valence-corrected chi connectivity index (χ2v) is 9.23. The monoisotopic (exact) mass is 517 g/mol. The topological polar surface area (TPSA) is 118 Å². The second-order valence-electron chi connectivity index (χ2n) is 9.23. The number of imide groups is 1. The number of hydrogen-bond acceptors (Lipinski definition) is 6. The normalized spacial score (nSPS) is 17.6. The lowest BCUT2D eigenvalue weighted by atomic mass is 10.0. The Morgan fingerprint density at radius 3 is 2.08 bits per heavy atom. The van der Waals surface area contributed by atoms with Gasteiger partial charge in [0.1, 0.15) is 6.04 Å². The number of carbonyl (C=O) groups excluding carboxylic acids is 4. The SMILES string of the molecule is O=C(c1ccccc1)[C@@H]1[C@H](c2ccccc2)N1C(=O)c1ccc2c(c1)C(=O)N(c1cccc([N+](=O)[O-])c1)C2=O. The van der Waals surface area contributed by atoms with Gasteiger partial charge < -0.3 is 4.90 Å². The number of anilines is 1. The highest BCUT2D eigenvalue weighted by Crippen LogP contribution is 2.46. The van der Waals surface area contributed by atoms with Crippen LogP contribution in [0.15, 0.2) is 103 Å². The summed E-state index contributed by atoms with van der Waals surface area (Å²) in [5.41, 5.74) is 1.35. The number of rotatable bonds is 6. The maximum Gasteiger partial charge on any atom is 0.271 e. The summed E-state index contributed by atoms with van der Waals surface area (Å²) >= 11 is 0. The van der Waals surface area contributed by atoms with Crippen LogP contribution in [-0.4, -0.2) is 39.4 Å². The van der Waals surface area contributed by atoms with Crippen molar-refractivity contribution in [3.05, 3.63) is 141 Å². The minimum Gasteiger partial charge on any atom is -0.316 e. The molecule has 0 aliphatic carbocycles. The molecule has 3 amide bonds. The molecule has 0 saturated carbocycles. The van der Waals surface area contributed by atoms with Gasteiger partial charge in [-0.1, -0.05) is 66.7 Å². The number of carbonyl (C=O) groups is 4. The van der Waals surface area contributed by atoms with E-state index in [1.165, 1.54) is 41.3 Å². The zero-order valence-corrected chi connectivity index (χ0v) is 20.3. The number of benzene rings is 4. The van der Waals surface area contributed by atoms with Gasteiger partial charge in [0.05, 0.1) is 27.8 Å². The molecule has 0 unspecified atom stereocenters. The fourth-order valence-electron chi connectivity index (χ4n) is 5.02. The van der Waals surface area contributed by atoms with Gasteiger partial charge in [0.15, 0.2) is 5.78 Å². The molecule has 0 N–H and O–H groups in total. The first kappa shape index (κ1) is 23.9. The summed E-state index contributed by atoms with van der Waals surface area (Å²) in [6, 6.07) is 26.2. The smallest absolute Gasteiger partial charge is 0.271 e. The molecule has 0 bridgehead atoms. The zero-order valence-electron chi connectivity index (χ0n) is 20.3. The van der Waals surface area contributed by atoms with Crippen LogP contribution in [0.1, 0.15) is 53.0 Å². The van der Waals surface area contributed by atoms with Crippen LogP contribution < -0.4 is 4.90 Å². The molecule has 4 aromatic rings. The second kappa shape index (κ2) is 9.14. The summed E-state index contributed by atoms with van der Waals surface area (Å²) < 4.78 is 0. The fraction of sp³-hybridized carbons (Fsp3) is 0.0667. The first-order chi connectivity index (χ1) is 18.9. The molecule has 4 aromatic carbocycles. The van der Waals surface area contributed by atoms with Gasteiger partial charge in [0.2, 0.25) is 0 Å². The average Bonchev–Trinajstić information content (AvgIpc) is 3.67. The lowest BCUT2D eigenvalue weighted by Crippen LogP contribution is -2.29. The number of nitrogens with zero attached hydrogens (tertiary/aromatic N) is 3. The first-order valence-electron chi connectivity index (χ1n) is 12.1. The van der Waals surface area contributed by atoms with Crippen LogP contribution in [0.25, 0.3) is 0 Å². The lowest BCUT2D eigenvalue weighted by Gasteiger charge is -2.13. The van der Waals surface area contributed by atoms with Gasteiger partial charge in [-0.05, 0) is 29.8 Å². The molecule has 1 saturated heterocycles. The van der Waals surface area contributed by atoms with Gasteiger partial charge in [-0.2, -0.15) is 0 Å². The van der Waals surface area contributed by atoms with Gasteiger partial charge in [-0.15, -0.1) is 0 Å². The van der Waals surface area contributed by atoms with E-state index in [4.69, 9.17) is 0 Å². The third-order valence-corrected chi connectivity index (χ3v) is 6.94. The molecule has 2 atom stereocenters. The van der Waals surface area contributed by atoms with Gasteiger partial charge in [-0.25, -0.2) is 4.90 Å². The standard InChI is InChI=1S/C30H19N3O6/c34-27(19-10-5-2-6-11-19)26-25(18-8-3-1-4-9-18)32(26)28(35)20-14-15-23-24(16-20)30(37)31(29(23)36)21-12-7-13-22(17-21)33(38)39/h1-17,25-26H/t25-,26-,32?/m0/s1. The van der Waals surface area contributed by atoms with Gasteiger partial charge >= 0.3 is 0 Å². The summed E-state index contributed by atoms with van der Waals surface area (Å²) in [7, 11) is 0. The van der Waals surface area contributed by atoms with Crippen molar-refractivity contribution in [1.82, 2.24) is 4.90 Å². The van der Waals surface area contributed by atoms with Crippen molar-refractivity contribution >= 4 is 34.9 Å². The summed E-state index contributed by atoms with van der Waals surface area (Å²) in [5, 5.41) is 11.2. The Labute approximate surface area is 222 Å². The molecule has 1 fully saturated rings. The number of ketones is 1. The summed E-state index contributed by atoms with van der Waals surface area (Å²) in [6.07, 6.45) is 0. The highest BCUT2D eigenvalue weighted by atomic mass is 16.6. The van der Waals surface area contributed by atoms with E-state index >= 15 is 0 Å². The van der Waals surface area contributed by atoms with Crippen LogP contribution in [-0.2, 0) is 0 Å². The number of amides is 3. The van der Waals surface area contributed by atoms with Gasteiger partial charge in [0.25, 0.3) is 23.4 Å². The van der Waals surface area contributed by atoms with E-state index in [0.29, 0.717) is 5.56 Å². The molecule has 0 spiro atoms. The van der Waals surface area contributed by atoms with E-state index in [0.717, 1.165) is 16.5 Å². The Balaban J connectivity index is 1.33. The van der Waals surface area contributed by atoms with Crippen LogP contribution in [0.2, 0.25) is 0 Å². The molecular weight excluding hydrogens is 498 g/mol. The fourth-order valence-corrected chi connectivity index (χ4v) is 5.02. The maximum absolute atomic E-state index is 13.7. The Morgan fingerprint density at radius 2 is 1.38 bits per heavy atom. The van der Waals surface area contributed by atoms with Crippen molar-refractivity contribution in [3.63, 3.8) is 0 Å². The van der Waals surface area contributed by atoms with E-state index in [1.807, 2.05) is 30.3 Å². The quantitative estimate of drug-likeness (QED) is 0.119. The predicted molar refractivity (Wildman–Crippen MR) is 141 cm³/mol. The van der Waals surface area contributed by atoms with Crippen molar-refractivity contribution in [1.29, 1.82) is 0 Å². The van der Waals surface area contributed by atoms with Crippen LogP contribution in [0, 0.1) is 10.1 Å². The molecule has 6 rings (SSSR count). The van der Waals surface area contributed by atoms with E-state index in [-0.39, 0.29) is 33.8 Å². The average molecular weight is 517 g/mol. The molecular formula is C30H19N3O6. The van der Waals surface area contributed by atoms with Crippen molar-refractivity contribution < 1.29 is 24.1 Å². The van der Waals surface area contributed by atoms with Crippen molar-refractivity contribution in [3.8, 4) is 0 Å². The molecule has 2 aliphatic heterocycles. The Kier molecular flexibility index (Phi) is 5.61. The van der Waals surface area contributed by atoms with Crippen molar-refractivity contribution in [2.24, 2.45) is 0 Å². The lowest BCUT2D eigenvalue weighted by molar-refractivity contribution is -0.384. The molecule has 190 valence electrons. The van der Waals surface area contributed by atoms with Crippen LogP contribution in [0.4, 0.5) is 11.4 Å². The first-order valence-corrected chi connectivity index (χ1v) is 12.1. The Morgan fingerprint density at radius 1 is 0.718 bits per heavy atom. The summed E-state index contributed by atoms with van der Waals surface area (Å²) in [4.78, 5) is 66.2. The van der Waals surface area contributed by atoms with E-state index < -0.39 is 34.7 Å². The number of fused-ring (bicyclic) bond motifs is 1. The van der Waals surface area contributed by atoms with E-state index in [9.17, 15) is 29.3 Å². The number of Topliss-reactive ketones (excluding diaryl/α,β-unsaturated/α-hetero) is 1. The largest absolute Gasteiger partial charge is 0.316 e.